The summed E-state index contributed by atoms with van der Waals surface area (Å²) < 4.78 is 11.5. The Balaban J connectivity index is 2.39. The molecule has 4 N–H and O–H groups in total. The molecule has 124 valence electrons. The quantitative estimate of drug-likeness (QED) is 0.842. The predicted molar refractivity (Wildman–Crippen MR) is 89.3 cm³/mol. The van der Waals surface area contributed by atoms with Crippen molar-refractivity contribution in [2.24, 2.45) is 0 Å². The smallest absolute Gasteiger partial charge is 0.222 e. The highest BCUT2D eigenvalue weighted by Gasteiger charge is 2.16. The van der Waals surface area contributed by atoms with E-state index < -0.39 is 0 Å². The van der Waals surface area contributed by atoms with Crippen molar-refractivity contribution in [3.8, 4) is 11.5 Å². The molecule has 0 aromatic carbocycles. The maximum absolute atomic E-state index is 5.92. The van der Waals surface area contributed by atoms with E-state index in [0.29, 0.717) is 18.1 Å². The number of ether oxygens (including phenoxy) is 2. The van der Waals surface area contributed by atoms with Crippen LogP contribution in [0.2, 0.25) is 0 Å². The zero-order valence-corrected chi connectivity index (χ0v) is 13.9. The van der Waals surface area contributed by atoms with Gasteiger partial charge in [0.25, 0.3) is 0 Å². The van der Waals surface area contributed by atoms with Gasteiger partial charge in [-0.15, -0.1) is 0 Å². The molecule has 7 nitrogen and oxygen atoms in total. The molecule has 0 aliphatic heterocycles. The zero-order valence-electron chi connectivity index (χ0n) is 13.9. The maximum Gasteiger partial charge on any atom is 0.222 e. The van der Waals surface area contributed by atoms with Gasteiger partial charge in [0.1, 0.15) is 5.75 Å². The molecule has 0 amide bonds. The molecule has 0 bridgehead atoms. The molecule has 0 saturated heterocycles. The molecule has 0 spiro atoms. The largest absolute Gasteiger partial charge is 0.451 e. The van der Waals surface area contributed by atoms with E-state index >= 15 is 0 Å². The first-order chi connectivity index (χ1) is 10.9. The first-order valence-corrected chi connectivity index (χ1v) is 7.59. The molecule has 1 atom stereocenters. The number of hydrogen-bond donors (Lipinski definition) is 2. The number of nitrogens with zero attached hydrogens (tertiary/aromatic N) is 3. The summed E-state index contributed by atoms with van der Waals surface area (Å²) >= 11 is 0. The molecule has 0 aliphatic rings. The molecule has 0 radical (unpaired) electrons. The zero-order chi connectivity index (χ0) is 17.0. The van der Waals surface area contributed by atoms with Gasteiger partial charge in [-0.2, -0.15) is 4.98 Å². The van der Waals surface area contributed by atoms with Crippen molar-refractivity contribution >= 4 is 11.8 Å². The van der Waals surface area contributed by atoms with Crippen LogP contribution in [0.4, 0.5) is 11.8 Å². The van der Waals surface area contributed by atoms with Crippen LogP contribution >= 0.6 is 0 Å². The van der Waals surface area contributed by atoms with Crippen LogP contribution in [0.3, 0.4) is 0 Å². The molecule has 2 aromatic rings. The van der Waals surface area contributed by atoms with E-state index in [1.165, 1.54) is 6.20 Å². The van der Waals surface area contributed by atoms with E-state index in [9.17, 15) is 0 Å². The van der Waals surface area contributed by atoms with Crippen LogP contribution < -0.4 is 16.2 Å². The Kier molecular flexibility index (Phi) is 5.33. The minimum absolute atomic E-state index is 0.110. The topological polar surface area (TPSA) is 109 Å². The summed E-state index contributed by atoms with van der Waals surface area (Å²) in [4.78, 5) is 12.3. The molecule has 23 heavy (non-hydrogen) atoms. The van der Waals surface area contributed by atoms with Crippen molar-refractivity contribution in [3.05, 3.63) is 29.7 Å². The lowest BCUT2D eigenvalue weighted by Gasteiger charge is -2.17. The lowest BCUT2D eigenvalue weighted by Crippen LogP contribution is -2.06. The fourth-order valence-electron chi connectivity index (χ4n) is 2.14. The molecule has 0 saturated carbocycles. The van der Waals surface area contributed by atoms with Gasteiger partial charge in [0.15, 0.2) is 11.6 Å². The second kappa shape index (κ2) is 7.23. The predicted octanol–water partition coefficient (Wildman–Crippen LogP) is 3.05. The van der Waals surface area contributed by atoms with E-state index in [2.05, 4.69) is 28.8 Å². The van der Waals surface area contributed by atoms with Gasteiger partial charge < -0.3 is 20.9 Å². The van der Waals surface area contributed by atoms with Gasteiger partial charge in [-0.25, -0.2) is 4.98 Å². The number of nitrogens with two attached hydrogens (primary N) is 2. The Morgan fingerprint density at radius 3 is 2.43 bits per heavy atom. The average Bonchev–Trinajstić information content (AvgIpc) is 2.50. The van der Waals surface area contributed by atoms with Gasteiger partial charge in [0.05, 0.1) is 18.0 Å². The van der Waals surface area contributed by atoms with Gasteiger partial charge in [0, 0.05) is 24.4 Å². The molecule has 2 heterocycles. The molecular weight excluding hydrogens is 294 g/mol. The Morgan fingerprint density at radius 2 is 1.83 bits per heavy atom. The first-order valence-electron chi connectivity index (χ1n) is 7.59. The Labute approximate surface area is 136 Å². The van der Waals surface area contributed by atoms with Crippen LogP contribution in [-0.2, 0) is 4.74 Å². The third-order valence-electron chi connectivity index (χ3n) is 3.39. The minimum Gasteiger partial charge on any atom is -0.451 e. The third-order valence-corrected chi connectivity index (χ3v) is 3.39. The van der Waals surface area contributed by atoms with Crippen molar-refractivity contribution < 1.29 is 9.47 Å². The normalized spacial score (nSPS) is 12.4. The summed E-state index contributed by atoms with van der Waals surface area (Å²) in [6.07, 6.45) is 3.15. The van der Waals surface area contributed by atoms with Gasteiger partial charge in [0.2, 0.25) is 5.95 Å². The molecule has 1 unspecified atom stereocenters. The highest BCUT2D eigenvalue weighted by atomic mass is 16.5. The number of pyridine rings is 1. The monoisotopic (exact) mass is 317 g/mol. The third kappa shape index (κ3) is 4.07. The number of nitrogen functional groups attached to an aromatic ring is 2. The number of rotatable bonds is 6. The highest BCUT2D eigenvalue weighted by Crippen LogP contribution is 2.33. The average molecular weight is 317 g/mol. The standard InChI is InChI=1S/C16H23N5O2/c1-5-22-10(4)12-6-13(11(7-19-12)9(2)3)23-14-8-20-16(18)21-15(14)17/h6-10H,5H2,1-4H3,(H4,17,18,20,21). The van der Waals surface area contributed by atoms with Crippen molar-refractivity contribution in [2.45, 2.75) is 39.7 Å². The number of anilines is 2. The summed E-state index contributed by atoms with van der Waals surface area (Å²) in [5.41, 5.74) is 13.1. The van der Waals surface area contributed by atoms with Crippen LogP contribution in [0, 0.1) is 0 Å². The van der Waals surface area contributed by atoms with Crippen molar-refractivity contribution in [3.63, 3.8) is 0 Å². The lowest BCUT2D eigenvalue weighted by molar-refractivity contribution is 0.0732. The van der Waals surface area contributed by atoms with Gasteiger partial charge in [-0.05, 0) is 19.8 Å². The van der Waals surface area contributed by atoms with Crippen LogP contribution in [-0.4, -0.2) is 21.6 Å². The molecule has 7 heteroatoms. The van der Waals surface area contributed by atoms with Crippen LogP contribution in [0.25, 0.3) is 0 Å². The Bertz CT molecular complexity index is 676. The van der Waals surface area contributed by atoms with Gasteiger partial charge in [-0.1, -0.05) is 13.8 Å². The van der Waals surface area contributed by atoms with E-state index in [-0.39, 0.29) is 23.8 Å². The summed E-state index contributed by atoms with van der Waals surface area (Å²) in [5.74, 6) is 1.58. The van der Waals surface area contributed by atoms with E-state index in [1.54, 1.807) is 6.20 Å². The Hall–Kier alpha value is -2.41. The SMILES string of the molecule is CCOC(C)c1cc(Oc2cnc(N)nc2N)c(C(C)C)cn1. The van der Waals surface area contributed by atoms with Gasteiger partial charge >= 0.3 is 0 Å². The fourth-order valence-corrected chi connectivity index (χ4v) is 2.14. The van der Waals surface area contributed by atoms with Crippen molar-refractivity contribution in [1.29, 1.82) is 0 Å². The van der Waals surface area contributed by atoms with Crippen molar-refractivity contribution in [1.82, 2.24) is 15.0 Å². The summed E-state index contributed by atoms with van der Waals surface area (Å²) in [6, 6.07) is 1.87. The summed E-state index contributed by atoms with van der Waals surface area (Å²) in [5, 5.41) is 0. The lowest BCUT2D eigenvalue weighted by atomic mass is 10.0. The van der Waals surface area contributed by atoms with Gasteiger partial charge in [-0.3, -0.25) is 4.98 Å². The molecule has 0 fully saturated rings. The Morgan fingerprint density at radius 1 is 1.09 bits per heavy atom. The summed E-state index contributed by atoms with van der Waals surface area (Å²) in [6.45, 7) is 8.65. The second-order valence-electron chi connectivity index (χ2n) is 5.48. The minimum atomic E-state index is -0.122. The van der Waals surface area contributed by atoms with Crippen LogP contribution in [0.1, 0.15) is 51.0 Å². The number of hydrogen-bond acceptors (Lipinski definition) is 7. The molecule has 2 rings (SSSR count). The first kappa shape index (κ1) is 17.0. The maximum atomic E-state index is 5.92. The second-order valence-corrected chi connectivity index (χ2v) is 5.48. The van der Waals surface area contributed by atoms with E-state index in [0.717, 1.165) is 11.3 Å². The van der Waals surface area contributed by atoms with Crippen LogP contribution in [0.5, 0.6) is 11.5 Å². The summed E-state index contributed by atoms with van der Waals surface area (Å²) in [7, 11) is 0. The number of aromatic nitrogens is 3. The molecule has 0 aliphatic carbocycles. The highest BCUT2D eigenvalue weighted by molar-refractivity contribution is 5.50. The van der Waals surface area contributed by atoms with Crippen LogP contribution in [0.15, 0.2) is 18.5 Å². The van der Waals surface area contributed by atoms with E-state index in [4.69, 9.17) is 20.9 Å². The van der Waals surface area contributed by atoms with E-state index in [1.807, 2.05) is 19.9 Å². The molecule has 2 aromatic heterocycles. The fraction of sp³-hybridized carbons (Fsp3) is 0.438. The molecular formula is C16H23N5O2. The van der Waals surface area contributed by atoms with Crippen molar-refractivity contribution in [2.75, 3.05) is 18.1 Å².